The highest BCUT2D eigenvalue weighted by atomic mass is 19.4. The highest BCUT2D eigenvalue weighted by Gasteiger charge is 2.27. The zero-order valence-corrected chi connectivity index (χ0v) is 14.4. The van der Waals surface area contributed by atoms with Gasteiger partial charge in [-0.25, -0.2) is 9.50 Å². The Morgan fingerprint density at radius 2 is 2.04 bits per heavy atom. The summed E-state index contributed by atoms with van der Waals surface area (Å²) in [7, 11) is 0. The average Bonchev–Trinajstić information content (AvgIpc) is 3.24. The Morgan fingerprint density at radius 3 is 2.81 bits per heavy atom. The molecule has 140 valence electrons. The molecule has 4 rings (SSSR count). The zero-order valence-electron chi connectivity index (χ0n) is 14.4. The first-order chi connectivity index (χ1) is 12.5. The van der Waals surface area contributed by atoms with Crippen LogP contribution in [0.15, 0.2) is 24.8 Å². The van der Waals surface area contributed by atoms with Crippen molar-refractivity contribution < 1.29 is 13.2 Å². The van der Waals surface area contributed by atoms with Gasteiger partial charge in [0.15, 0.2) is 0 Å². The number of rotatable bonds is 5. The van der Waals surface area contributed by atoms with E-state index in [4.69, 9.17) is 0 Å². The van der Waals surface area contributed by atoms with Crippen LogP contribution in [0, 0.1) is 5.92 Å². The van der Waals surface area contributed by atoms with Crippen LogP contribution in [0.2, 0.25) is 0 Å². The smallest absolute Gasteiger partial charge is 0.346 e. The molecule has 1 aliphatic rings. The van der Waals surface area contributed by atoms with Crippen molar-refractivity contribution in [1.82, 2.24) is 24.9 Å². The van der Waals surface area contributed by atoms with Gasteiger partial charge in [0, 0.05) is 23.7 Å². The van der Waals surface area contributed by atoms with Crippen molar-refractivity contribution in [3.05, 3.63) is 30.4 Å². The number of halogens is 3. The van der Waals surface area contributed by atoms with Crippen molar-refractivity contribution in [1.29, 1.82) is 0 Å². The van der Waals surface area contributed by atoms with Gasteiger partial charge in [0.05, 0.1) is 18.1 Å². The summed E-state index contributed by atoms with van der Waals surface area (Å²) in [6, 6.07) is 2.03. The fourth-order valence-electron chi connectivity index (χ4n) is 4.03. The Balaban J connectivity index is 1.38. The molecule has 3 aromatic rings. The van der Waals surface area contributed by atoms with Crippen LogP contribution in [-0.4, -0.2) is 38.8 Å². The lowest BCUT2D eigenvalue weighted by molar-refractivity contribution is -0.133. The number of hydrogen-bond donors (Lipinski definition) is 2. The van der Waals surface area contributed by atoms with Crippen LogP contribution < -0.4 is 5.32 Å². The lowest BCUT2D eigenvalue weighted by Crippen LogP contribution is -2.29. The van der Waals surface area contributed by atoms with Gasteiger partial charge in [0.25, 0.3) is 0 Å². The first-order valence-electron chi connectivity index (χ1n) is 9.08. The normalized spacial score (nSPS) is 21.7. The fraction of sp³-hybridized carbons (Fsp3) is 0.556. The van der Waals surface area contributed by atoms with E-state index in [1.165, 1.54) is 5.56 Å². The van der Waals surface area contributed by atoms with E-state index in [1.807, 2.05) is 23.0 Å². The van der Waals surface area contributed by atoms with Crippen LogP contribution in [0.25, 0.3) is 16.6 Å². The lowest BCUT2D eigenvalue weighted by Gasteiger charge is -2.28. The molecule has 1 aliphatic carbocycles. The van der Waals surface area contributed by atoms with E-state index in [9.17, 15) is 13.2 Å². The van der Waals surface area contributed by atoms with Gasteiger partial charge in [-0.05, 0) is 50.1 Å². The summed E-state index contributed by atoms with van der Waals surface area (Å²) >= 11 is 0. The van der Waals surface area contributed by atoms with Crippen LogP contribution in [0.4, 0.5) is 13.2 Å². The molecule has 0 radical (unpaired) electrons. The minimum absolute atomic E-state index is 0.00987. The molecule has 26 heavy (non-hydrogen) atoms. The predicted octanol–water partition coefficient (Wildman–Crippen LogP) is 4.03. The topological polar surface area (TPSA) is 58.0 Å². The van der Waals surface area contributed by atoms with Crippen LogP contribution in [0.3, 0.4) is 0 Å². The molecule has 0 amide bonds. The van der Waals surface area contributed by atoms with Gasteiger partial charge >= 0.3 is 6.18 Å². The summed E-state index contributed by atoms with van der Waals surface area (Å²) in [5.74, 6) is 0.898. The quantitative estimate of drug-likeness (QED) is 0.671. The number of aromatic nitrogens is 4. The Bertz CT molecular complexity index is 874. The third kappa shape index (κ3) is 3.56. The van der Waals surface area contributed by atoms with Gasteiger partial charge in [-0.3, -0.25) is 0 Å². The largest absolute Gasteiger partial charge is 0.390 e. The standard InChI is InChI=1S/C18H22F3N5/c19-18(20,21)6-8-22-9-12-1-3-13(4-2-12)15-10-25-26-11-24-17-14(16(15)26)5-7-23-17/h5,7,10-13,22-23H,1-4,6,8-9H2. The van der Waals surface area contributed by atoms with Crippen LogP contribution in [-0.2, 0) is 0 Å². The summed E-state index contributed by atoms with van der Waals surface area (Å²) < 4.78 is 38.4. The van der Waals surface area contributed by atoms with Gasteiger partial charge in [0.2, 0.25) is 0 Å². The molecule has 0 aromatic carbocycles. The molecule has 0 bridgehead atoms. The molecule has 2 N–H and O–H groups in total. The lowest BCUT2D eigenvalue weighted by atomic mass is 9.79. The number of nitrogens with one attached hydrogen (secondary N) is 2. The van der Waals surface area contributed by atoms with Crippen LogP contribution >= 0.6 is 0 Å². The van der Waals surface area contributed by atoms with Gasteiger partial charge in [-0.2, -0.15) is 18.3 Å². The number of nitrogens with zero attached hydrogens (tertiary/aromatic N) is 3. The maximum atomic E-state index is 12.2. The first-order valence-corrected chi connectivity index (χ1v) is 9.08. The minimum Gasteiger partial charge on any atom is -0.346 e. The molecule has 0 unspecified atom stereocenters. The van der Waals surface area contributed by atoms with Crippen LogP contribution in [0.5, 0.6) is 0 Å². The Hall–Kier alpha value is -2.09. The molecular weight excluding hydrogens is 343 g/mol. The Labute approximate surface area is 149 Å². The highest BCUT2D eigenvalue weighted by molar-refractivity contribution is 5.93. The molecular formula is C18H22F3N5. The Kier molecular flexibility index (Phi) is 4.60. The number of fused-ring (bicyclic) bond motifs is 3. The van der Waals surface area contributed by atoms with Gasteiger partial charge in [-0.15, -0.1) is 0 Å². The van der Waals surface area contributed by atoms with Gasteiger partial charge in [-0.1, -0.05) is 0 Å². The first kappa shape index (κ1) is 17.3. The molecule has 0 atom stereocenters. The molecule has 0 spiro atoms. The van der Waals surface area contributed by atoms with E-state index in [0.29, 0.717) is 18.4 Å². The molecule has 1 saturated carbocycles. The van der Waals surface area contributed by atoms with E-state index in [2.05, 4.69) is 20.4 Å². The van der Waals surface area contributed by atoms with E-state index in [1.54, 1.807) is 6.33 Å². The Morgan fingerprint density at radius 1 is 1.23 bits per heavy atom. The average molecular weight is 365 g/mol. The van der Waals surface area contributed by atoms with Crippen molar-refractivity contribution >= 4 is 16.6 Å². The van der Waals surface area contributed by atoms with Crippen LogP contribution in [0.1, 0.15) is 43.6 Å². The van der Waals surface area contributed by atoms with Crippen molar-refractivity contribution in [2.75, 3.05) is 13.1 Å². The maximum absolute atomic E-state index is 12.2. The maximum Gasteiger partial charge on any atom is 0.390 e. The van der Waals surface area contributed by atoms with Crippen molar-refractivity contribution in [3.63, 3.8) is 0 Å². The SMILES string of the molecule is FC(F)(F)CCNCC1CCC(c2cnn3cnc4[nH]ccc4c23)CC1. The third-order valence-electron chi connectivity index (χ3n) is 5.41. The number of aromatic amines is 1. The molecule has 8 heteroatoms. The van der Waals surface area contributed by atoms with Gasteiger partial charge < -0.3 is 10.3 Å². The van der Waals surface area contributed by atoms with E-state index in [0.717, 1.165) is 42.2 Å². The third-order valence-corrected chi connectivity index (χ3v) is 5.41. The predicted molar refractivity (Wildman–Crippen MR) is 93.1 cm³/mol. The monoisotopic (exact) mass is 365 g/mol. The minimum atomic E-state index is -4.08. The fourth-order valence-corrected chi connectivity index (χ4v) is 4.03. The second kappa shape index (κ2) is 6.90. The van der Waals surface area contributed by atoms with Crippen molar-refractivity contribution in [2.24, 2.45) is 5.92 Å². The van der Waals surface area contributed by atoms with E-state index >= 15 is 0 Å². The molecule has 0 aliphatic heterocycles. The van der Waals surface area contributed by atoms with Gasteiger partial charge in [0.1, 0.15) is 12.0 Å². The van der Waals surface area contributed by atoms with Crippen molar-refractivity contribution in [3.8, 4) is 0 Å². The summed E-state index contributed by atoms with van der Waals surface area (Å²) in [4.78, 5) is 7.49. The van der Waals surface area contributed by atoms with Crippen molar-refractivity contribution in [2.45, 2.75) is 44.2 Å². The number of hydrogen-bond acceptors (Lipinski definition) is 3. The molecule has 0 saturated heterocycles. The molecule has 5 nitrogen and oxygen atoms in total. The summed E-state index contributed by atoms with van der Waals surface area (Å²) in [6.45, 7) is 0.680. The summed E-state index contributed by atoms with van der Waals surface area (Å²) in [6.07, 6.45) is 4.87. The summed E-state index contributed by atoms with van der Waals surface area (Å²) in [5.41, 5.74) is 3.23. The second-order valence-corrected chi connectivity index (χ2v) is 7.16. The highest BCUT2D eigenvalue weighted by Crippen LogP contribution is 2.38. The van der Waals surface area contributed by atoms with E-state index in [-0.39, 0.29) is 6.54 Å². The molecule has 3 heterocycles. The summed E-state index contributed by atoms with van der Waals surface area (Å²) in [5, 5.41) is 8.49. The second-order valence-electron chi connectivity index (χ2n) is 7.16. The zero-order chi connectivity index (χ0) is 18.1. The molecule has 3 aromatic heterocycles. The number of H-pyrrole nitrogens is 1. The van der Waals surface area contributed by atoms with E-state index < -0.39 is 12.6 Å². The molecule has 1 fully saturated rings. The number of alkyl halides is 3.